The molecule has 4 heteroatoms. The van der Waals surface area contributed by atoms with Gasteiger partial charge in [-0.1, -0.05) is 26.7 Å². The Balaban J connectivity index is 2.02. The van der Waals surface area contributed by atoms with Crippen LogP contribution in [0, 0.1) is 5.41 Å². The molecule has 1 atom stereocenters. The van der Waals surface area contributed by atoms with E-state index in [1.807, 2.05) is 13.8 Å². The van der Waals surface area contributed by atoms with Crippen molar-refractivity contribution in [1.82, 2.24) is 5.32 Å². The molecule has 1 saturated carbocycles. The van der Waals surface area contributed by atoms with Gasteiger partial charge in [-0.05, 0) is 12.8 Å². The molecule has 1 aliphatic rings. The van der Waals surface area contributed by atoms with Gasteiger partial charge in [0.15, 0.2) is 0 Å². The van der Waals surface area contributed by atoms with E-state index in [0.29, 0.717) is 25.8 Å². The van der Waals surface area contributed by atoms with Crippen molar-refractivity contribution in [3.63, 3.8) is 0 Å². The van der Waals surface area contributed by atoms with Crippen molar-refractivity contribution >= 4 is 0 Å². The largest absolute Gasteiger partial charge is 0.396 e. The van der Waals surface area contributed by atoms with Crippen LogP contribution in [0.2, 0.25) is 0 Å². The molecule has 0 aromatic rings. The van der Waals surface area contributed by atoms with Crippen LogP contribution < -0.4 is 5.32 Å². The highest BCUT2D eigenvalue weighted by atomic mass is 16.5. The number of nitrogens with one attached hydrogen (secondary N) is 1. The second kappa shape index (κ2) is 7.31. The summed E-state index contributed by atoms with van der Waals surface area (Å²) in [6.45, 7) is 5.76. The van der Waals surface area contributed by atoms with Gasteiger partial charge in [0.05, 0.1) is 18.8 Å². The Hall–Kier alpha value is -0.160. The number of rotatable bonds is 8. The molecule has 1 fully saturated rings. The molecule has 0 aromatic carbocycles. The van der Waals surface area contributed by atoms with E-state index in [9.17, 15) is 5.11 Å². The summed E-state index contributed by atoms with van der Waals surface area (Å²) in [5, 5.41) is 22.0. The molecule has 1 aliphatic carbocycles. The van der Waals surface area contributed by atoms with Crippen molar-refractivity contribution in [3.05, 3.63) is 0 Å². The van der Waals surface area contributed by atoms with Crippen molar-refractivity contribution in [3.8, 4) is 0 Å². The van der Waals surface area contributed by atoms with E-state index in [-0.39, 0.29) is 12.0 Å². The van der Waals surface area contributed by atoms with Gasteiger partial charge < -0.3 is 20.3 Å². The van der Waals surface area contributed by atoms with E-state index in [4.69, 9.17) is 9.84 Å². The van der Waals surface area contributed by atoms with Gasteiger partial charge in [0.1, 0.15) is 0 Å². The van der Waals surface area contributed by atoms with Gasteiger partial charge >= 0.3 is 0 Å². The average molecular weight is 245 g/mol. The molecular weight excluding hydrogens is 218 g/mol. The minimum Gasteiger partial charge on any atom is -0.396 e. The summed E-state index contributed by atoms with van der Waals surface area (Å²) in [5.74, 6) is 0. The lowest BCUT2D eigenvalue weighted by Gasteiger charge is -2.23. The molecule has 0 radical (unpaired) electrons. The van der Waals surface area contributed by atoms with Crippen LogP contribution in [0.15, 0.2) is 0 Å². The molecule has 0 aromatic heterocycles. The third-order valence-corrected chi connectivity index (χ3v) is 3.24. The summed E-state index contributed by atoms with van der Waals surface area (Å²) in [4.78, 5) is 0. The average Bonchev–Trinajstić information content (AvgIpc) is 2.79. The molecule has 0 bridgehead atoms. The summed E-state index contributed by atoms with van der Waals surface area (Å²) in [5.41, 5.74) is -0.133. The Kier molecular flexibility index (Phi) is 6.41. The van der Waals surface area contributed by atoms with Gasteiger partial charge in [0.2, 0.25) is 0 Å². The van der Waals surface area contributed by atoms with Gasteiger partial charge in [-0.3, -0.25) is 0 Å². The van der Waals surface area contributed by atoms with Crippen LogP contribution in [0.4, 0.5) is 0 Å². The number of ether oxygens (including phenoxy) is 1. The van der Waals surface area contributed by atoms with Crippen molar-refractivity contribution in [2.45, 2.75) is 51.7 Å². The summed E-state index contributed by atoms with van der Waals surface area (Å²) in [6.07, 6.45) is 4.69. The Morgan fingerprint density at radius 3 is 2.59 bits per heavy atom. The van der Waals surface area contributed by atoms with Crippen molar-refractivity contribution in [1.29, 1.82) is 0 Å². The zero-order chi connectivity index (χ0) is 12.7. The first kappa shape index (κ1) is 14.9. The van der Waals surface area contributed by atoms with Gasteiger partial charge in [-0.15, -0.1) is 0 Å². The number of aliphatic hydroxyl groups is 2. The molecule has 1 rings (SSSR count). The van der Waals surface area contributed by atoms with E-state index in [2.05, 4.69) is 5.32 Å². The fourth-order valence-corrected chi connectivity index (χ4v) is 1.99. The smallest absolute Gasteiger partial charge is 0.0897 e. The lowest BCUT2D eigenvalue weighted by Crippen LogP contribution is -2.38. The minimum atomic E-state index is -0.454. The third-order valence-electron chi connectivity index (χ3n) is 3.24. The van der Waals surface area contributed by atoms with Crippen molar-refractivity contribution in [2.24, 2.45) is 5.41 Å². The predicted octanol–water partition coefficient (Wildman–Crippen LogP) is 0.915. The molecule has 0 heterocycles. The van der Waals surface area contributed by atoms with Gasteiger partial charge in [0, 0.05) is 25.1 Å². The van der Waals surface area contributed by atoms with Crippen molar-refractivity contribution < 1.29 is 14.9 Å². The number of aliphatic hydroxyl groups excluding tert-OH is 2. The molecular formula is C13H27NO3. The van der Waals surface area contributed by atoms with Crippen LogP contribution in [0.3, 0.4) is 0 Å². The maximum atomic E-state index is 9.73. The molecule has 102 valence electrons. The van der Waals surface area contributed by atoms with E-state index in [1.165, 1.54) is 12.8 Å². The Morgan fingerprint density at radius 1 is 1.35 bits per heavy atom. The molecule has 0 spiro atoms. The summed E-state index contributed by atoms with van der Waals surface area (Å²) in [6, 6.07) is 0. The predicted molar refractivity (Wildman–Crippen MR) is 68.0 cm³/mol. The van der Waals surface area contributed by atoms with Gasteiger partial charge in [-0.25, -0.2) is 0 Å². The summed E-state index contributed by atoms with van der Waals surface area (Å²) < 4.78 is 5.63. The van der Waals surface area contributed by atoms with Crippen molar-refractivity contribution in [2.75, 3.05) is 26.3 Å². The van der Waals surface area contributed by atoms with E-state index < -0.39 is 6.10 Å². The van der Waals surface area contributed by atoms with E-state index in [1.54, 1.807) is 0 Å². The number of hydrogen-bond acceptors (Lipinski definition) is 4. The fourth-order valence-electron chi connectivity index (χ4n) is 1.99. The van der Waals surface area contributed by atoms with Gasteiger partial charge in [0.25, 0.3) is 0 Å². The lowest BCUT2D eigenvalue weighted by molar-refractivity contribution is -0.00638. The molecule has 17 heavy (non-hydrogen) atoms. The molecule has 3 N–H and O–H groups in total. The summed E-state index contributed by atoms with van der Waals surface area (Å²) >= 11 is 0. The normalized spacial score (nSPS) is 19.8. The second-order valence-corrected chi connectivity index (χ2v) is 5.85. The molecule has 0 aliphatic heterocycles. The fraction of sp³-hybridized carbons (Fsp3) is 1.00. The standard InChI is InChI=1S/C13H27NO3/c1-13(2,10-15)9-14-7-11(16)8-17-12-5-3-4-6-12/h11-12,14-16H,3-10H2,1-2H3. The second-order valence-electron chi connectivity index (χ2n) is 5.85. The minimum absolute atomic E-state index is 0.133. The molecule has 0 amide bonds. The molecule has 4 nitrogen and oxygen atoms in total. The third kappa shape index (κ3) is 6.36. The Morgan fingerprint density at radius 2 is 2.00 bits per heavy atom. The van der Waals surface area contributed by atoms with Gasteiger partial charge in [-0.2, -0.15) is 0 Å². The highest BCUT2D eigenvalue weighted by Crippen LogP contribution is 2.20. The number of hydrogen-bond donors (Lipinski definition) is 3. The first-order chi connectivity index (χ1) is 8.03. The monoisotopic (exact) mass is 245 g/mol. The first-order valence-corrected chi connectivity index (χ1v) is 6.65. The summed E-state index contributed by atoms with van der Waals surface area (Å²) in [7, 11) is 0. The van der Waals surface area contributed by atoms with Crippen LogP contribution in [0.5, 0.6) is 0 Å². The molecule has 1 unspecified atom stereocenters. The molecule has 0 saturated heterocycles. The first-order valence-electron chi connectivity index (χ1n) is 6.65. The highest BCUT2D eigenvalue weighted by molar-refractivity contribution is 4.72. The van der Waals surface area contributed by atoms with Crippen LogP contribution in [-0.4, -0.2) is 48.7 Å². The van der Waals surface area contributed by atoms with E-state index >= 15 is 0 Å². The van der Waals surface area contributed by atoms with Crippen LogP contribution in [-0.2, 0) is 4.74 Å². The highest BCUT2D eigenvalue weighted by Gasteiger charge is 2.18. The topological polar surface area (TPSA) is 61.7 Å². The van der Waals surface area contributed by atoms with E-state index in [0.717, 1.165) is 12.8 Å². The SMILES string of the molecule is CC(C)(CO)CNCC(O)COC1CCCC1. The Labute approximate surface area is 104 Å². The zero-order valence-electron chi connectivity index (χ0n) is 11.1. The quantitative estimate of drug-likeness (QED) is 0.595. The maximum absolute atomic E-state index is 9.73. The zero-order valence-corrected chi connectivity index (χ0v) is 11.1. The van der Waals surface area contributed by atoms with Crippen LogP contribution in [0.1, 0.15) is 39.5 Å². The van der Waals surface area contributed by atoms with Crippen LogP contribution in [0.25, 0.3) is 0 Å². The lowest BCUT2D eigenvalue weighted by atomic mass is 9.95. The van der Waals surface area contributed by atoms with Crippen LogP contribution >= 0.6 is 0 Å². The Bertz CT molecular complexity index is 203. The maximum Gasteiger partial charge on any atom is 0.0897 e.